The normalized spacial score (nSPS) is 17.9. The lowest BCUT2D eigenvalue weighted by Gasteiger charge is -2.13. The van der Waals surface area contributed by atoms with Gasteiger partial charge in [-0.3, -0.25) is 4.79 Å². The van der Waals surface area contributed by atoms with Crippen molar-refractivity contribution in [2.24, 2.45) is 11.7 Å². The van der Waals surface area contributed by atoms with Crippen molar-refractivity contribution in [1.29, 1.82) is 0 Å². The summed E-state index contributed by atoms with van der Waals surface area (Å²) in [5.41, 5.74) is 6.94. The molecule has 20 heavy (non-hydrogen) atoms. The monoisotopic (exact) mass is 317 g/mol. The lowest BCUT2D eigenvalue weighted by molar-refractivity contribution is -0.119. The lowest BCUT2D eigenvalue weighted by atomic mass is 10.0. The number of nitrogens with two attached hydrogens (primary N) is 1. The quantitative estimate of drug-likeness (QED) is 0.900. The molecule has 2 unspecified atom stereocenters. The van der Waals surface area contributed by atoms with E-state index in [-0.39, 0.29) is 30.3 Å². The number of amides is 1. The van der Waals surface area contributed by atoms with Gasteiger partial charge in [-0.1, -0.05) is 19.8 Å². The van der Waals surface area contributed by atoms with E-state index in [1.165, 1.54) is 36.3 Å². The number of anilines is 1. The molecule has 0 spiro atoms. The SMILES string of the molecule is CC(N)C(C)C(=O)Nc1nc2c(s1)CCCCCC2.Cl. The molecule has 4 nitrogen and oxygen atoms in total. The summed E-state index contributed by atoms with van der Waals surface area (Å²) in [6, 6.07) is -0.138. The fourth-order valence-corrected chi connectivity index (χ4v) is 3.27. The van der Waals surface area contributed by atoms with E-state index in [0.717, 1.165) is 18.0 Å². The first-order valence-electron chi connectivity index (χ1n) is 7.13. The molecule has 1 amide bonds. The second-order valence-corrected chi connectivity index (χ2v) is 6.52. The number of hydrogen-bond acceptors (Lipinski definition) is 4. The molecule has 1 aliphatic rings. The van der Waals surface area contributed by atoms with Crippen molar-refractivity contribution < 1.29 is 4.79 Å². The van der Waals surface area contributed by atoms with Crippen LogP contribution in [0, 0.1) is 5.92 Å². The van der Waals surface area contributed by atoms with Crippen LogP contribution in [0.1, 0.15) is 50.1 Å². The number of aromatic nitrogens is 1. The highest BCUT2D eigenvalue weighted by atomic mass is 35.5. The van der Waals surface area contributed by atoms with Crippen LogP contribution < -0.4 is 11.1 Å². The van der Waals surface area contributed by atoms with Gasteiger partial charge in [0.25, 0.3) is 0 Å². The molecule has 0 aromatic carbocycles. The maximum atomic E-state index is 12.0. The summed E-state index contributed by atoms with van der Waals surface area (Å²) in [4.78, 5) is 17.9. The number of aryl methyl sites for hydroxylation is 2. The van der Waals surface area contributed by atoms with Crippen LogP contribution in [0.3, 0.4) is 0 Å². The number of carbonyl (C=O) groups is 1. The highest BCUT2D eigenvalue weighted by molar-refractivity contribution is 7.15. The molecule has 3 N–H and O–H groups in total. The number of hydrogen-bond donors (Lipinski definition) is 2. The molecule has 0 saturated carbocycles. The van der Waals surface area contributed by atoms with Gasteiger partial charge in [0.15, 0.2) is 5.13 Å². The minimum absolute atomic E-state index is 0. The fraction of sp³-hybridized carbons (Fsp3) is 0.714. The van der Waals surface area contributed by atoms with Crippen LogP contribution in [0.25, 0.3) is 0 Å². The van der Waals surface area contributed by atoms with E-state index in [1.54, 1.807) is 11.3 Å². The highest BCUT2D eigenvalue weighted by Gasteiger charge is 2.20. The Labute approximate surface area is 131 Å². The number of nitrogens with one attached hydrogen (secondary N) is 1. The van der Waals surface area contributed by atoms with Gasteiger partial charge in [-0.05, 0) is 32.6 Å². The van der Waals surface area contributed by atoms with E-state index in [2.05, 4.69) is 10.3 Å². The molecular weight excluding hydrogens is 294 g/mol. The van der Waals surface area contributed by atoms with Crippen LogP contribution in [0.15, 0.2) is 0 Å². The van der Waals surface area contributed by atoms with Crippen LogP contribution in [-0.4, -0.2) is 16.9 Å². The summed E-state index contributed by atoms with van der Waals surface area (Å²) >= 11 is 1.63. The molecule has 0 aliphatic heterocycles. The maximum absolute atomic E-state index is 12.0. The molecule has 1 heterocycles. The van der Waals surface area contributed by atoms with E-state index in [1.807, 2.05) is 13.8 Å². The zero-order valence-electron chi connectivity index (χ0n) is 12.1. The number of fused-ring (bicyclic) bond motifs is 1. The third-order valence-corrected chi connectivity index (χ3v) is 4.85. The summed E-state index contributed by atoms with van der Waals surface area (Å²) < 4.78 is 0. The van der Waals surface area contributed by atoms with Crippen molar-refractivity contribution in [3.05, 3.63) is 10.6 Å². The Kier molecular flexibility index (Phi) is 6.92. The van der Waals surface area contributed by atoms with Gasteiger partial charge in [0, 0.05) is 10.9 Å². The fourth-order valence-electron chi connectivity index (χ4n) is 2.22. The first kappa shape index (κ1) is 17.4. The molecule has 114 valence electrons. The second kappa shape index (κ2) is 7.96. The van der Waals surface area contributed by atoms with Crippen LogP contribution in [0.4, 0.5) is 5.13 Å². The molecular formula is C14H24ClN3OS. The average molecular weight is 318 g/mol. The van der Waals surface area contributed by atoms with Gasteiger partial charge in [-0.2, -0.15) is 0 Å². The Hall–Kier alpha value is -0.650. The van der Waals surface area contributed by atoms with Gasteiger partial charge >= 0.3 is 0 Å². The molecule has 0 fully saturated rings. The Morgan fingerprint density at radius 1 is 1.25 bits per heavy atom. The molecule has 1 aromatic heterocycles. The lowest BCUT2D eigenvalue weighted by Crippen LogP contribution is -2.34. The Balaban J connectivity index is 0.00000200. The zero-order valence-corrected chi connectivity index (χ0v) is 13.8. The van der Waals surface area contributed by atoms with Gasteiger partial charge in [0.1, 0.15) is 0 Å². The van der Waals surface area contributed by atoms with Crippen molar-refractivity contribution in [2.75, 3.05) is 5.32 Å². The number of nitrogens with zero attached hydrogens (tertiary/aromatic N) is 1. The smallest absolute Gasteiger partial charge is 0.230 e. The number of rotatable bonds is 3. The van der Waals surface area contributed by atoms with Crippen molar-refractivity contribution in [1.82, 2.24) is 4.98 Å². The molecule has 6 heteroatoms. The molecule has 2 atom stereocenters. The molecule has 2 rings (SSSR count). The summed E-state index contributed by atoms with van der Waals surface area (Å²) in [5, 5.41) is 3.65. The van der Waals surface area contributed by atoms with Crippen LogP contribution in [-0.2, 0) is 17.6 Å². The van der Waals surface area contributed by atoms with Crippen LogP contribution in [0.5, 0.6) is 0 Å². The van der Waals surface area contributed by atoms with Crippen LogP contribution >= 0.6 is 23.7 Å². The number of halogens is 1. The molecule has 0 bridgehead atoms. The van der Waals surface area contributed by atoms with E-state index in [0.29, 0.717) is 0 Å². The van der Waals surface area contributed by atoms with Gasteiger partial charge in [0.05, 0.1) is 11.6 Å². The summed E-state index contributed by atoms with van der Waals surface area (Å²) in [6.07, 6.45) is 7.19. The van der Waals surface area contributed by atoms with E-state index < -0.39 is 0 Å². The Morgan fingerprint density at radius 3 is 2.55 bits per heavy atom. The van der Waals surface area contributed by atoms with E-state index in [9.17, 15) is 4.79 Å². The summed E-state index contributed by atoms with van der Waals surface area (Å²) in [7, 11) is 0. The standard InChI is InChI=1S/C14H23N3OS.ClH/c1-9(10(2)15)13(18)17-14-16-11-7-5-3-4-6-8-12(11)19-14;/h9-10H,3-8,15H2,1-2H3,(H,16,17,18);1H. The summed E-state index contributed by atoms with van der Waals surface area (Å²) in [5.74, 6) is -0.219. The average Bonchev–Trinajstić information content (AvgIpc) is 2.69. The first-order valence-corrected chi connectivity index (χ1v) is 7.94. The zero-order chi connectivity index (χ0) is 13.8. The van der Waals surface area contributed by atoms with Gasteiger partial charge in [-0.25, -0.2) is 4.98 Å². The van der Waals surface area contributed by atoms with Gasteiger partial charge < -0.3 is 11.1 Å². The number of thiazole rings is 1. The van der Waals surface area contributed by atoms with Gasteiger partial charge in [-0.15, -0.1) is 23.7 Å². The van der Waals surface area contributed by atoms with Crippen molar-refractivity contribution in [3.63, 3.8) is 0 Å². The third kappa shape index (κ3) is 4.43. The predicted molar refractivity (Wildman–Crippen MR) is 86.7 cm³/mol. The summed E-state index contributed by atoms with van der Waals surface area (Å²) in [6.45, 7) is 3.70. The Morgan fingerprint density at radius 2 is 1.90 bits per heavy atom. The number of carbonyl (C=O) groups excluding carboxylic acids is 1. The predicted octanol–water partition coefficient (Wildman–Crippen LogP) is 3.15. The molecule has 1 aromatic rings. The third-order valence-electron chi connectivity index (χ3n) is 3.78. The topological polar surface area (TPSA) is 68.0 Å². The molecule has 1 aliphatic carbocycles. The minimum Gasteiger partial charge on any atom is -0.327 e. The Bertz CT molecular complexity index is 422. The second-order valence-electron chi connectivity index (χ2n) is 5.44. The maximum Gasteiger partial charge on any atom is 0.230 e. The first-order chi connectivity index (χ1) is 9.08. The highest BCUT2D eigenvalue weighted by Crippen LogP contribution is 2.28. The molecule has 0 saturated heterocycles. The van der Waals surface area contributed by atoms with Crippen molar-refractivity contribution in [3.8, 4) is 0 Å². The largest absolute Gasteiger partial charge is 0.327 e. The van der Waals surface area contributed by atoms with E-state index in [4.69, 9.17) is 5.73 Å². The van der Waals surface area contributed by atoms with Crippen molar-refractivity contribution in [2.45, 2.75) is 58.4 Å². The van der Waals surface area contributed by atoms with Gasteiger partial charge in [0.2, 0.25) is 5.91 Å². The minimum atomic E-state index is -0.188. The van der Waals surface area contributed by atoms with Crippen molar-refractivity contribution >= 4 is 34.8 Å². The van der Waals surface area contributed by atoms with Crippen LogP contribution in [0.2, 0.25) is 0 Å². The molecule has 0 radical (unpaired) electrons. The van der Waals surface area contributed by atoms with E-state index >= 15 is 0 Å².